The fraction of sp³-hybridized carbons (Fsp3) is 0.312. The molecule has 1 aromatic heterocycles. The van der Waals surface area contributed by atoms with Gasteiger partial charge in [-0.1, -0.05) is 6.07 Å². The average Bonchev–Trinajstić information content (AvgIpc) is 2.47. The van der Waals surface area contributed by atoms with Crippen molar-refractivity contribution in [1.82, 2.24) is 4.98 Å². The normalized spacial score (nSPS) is 20.9. The lowest BCUT2D eigenvalue weighted by atomic mass is 9.95. The first-order chi connectivity index (χ1) is 9.67. The number of aromatic nitrogens is 1. The molecule has 2 atom stereocenters. The van der Waals surface area contributed by atoms with Gasteiger partial charge in [0.1, 0.15) is 17.6 Å². The Morgan fingerprint density at radius 1 is 1.30 bits per heavy atom. The van der Waals surface area contributed by atoms with Crippen LogP contribution in [0.25, 0.3) is 0 Å². The van der Waals surface area contributed by atoms with E-state index in [2.05, 4.69) is 4.98 Å². The monoisotopic (exact) mass is 271 g/mol. The summed E-state index contributed by atoms with van der Waals surface area (Å²) in [7, 11) is 1.61. The Balaban J connectivity index is 1.90. The zero-order chi connectivity index (χ0) is 14.1. The molecule has 2 unspecified atom stereocenters. The fourth-order valence-corrected chi connectivity index (χ4v) is 2.43. The molecule has 1 aromatic carbocycles. The minimum atomic E-state index is -0.555. The third-order valence-corrected chi connectivity index (χ3v) is 3.59. The molecule has 1 N–H and O–H groups in total. The van der Waals surface area contributed by atoms with Crippen molar-refractivity contribution in [2.24, 2.45) is 0 Å². The van der Waals surface area contributed by atoms with Gasteiger partial charge in [-0.3, -0.25) is 4.98 Å². The summed E-state index contributed by atoms with van der Waals surface area (Å²) in [6.45, 7) is 1.95. The first-order valence-corrected chi connectivity index (χ1v) is 6.62. The summed E-state index contributed by atoms with van der Waals surface area (Å²) in [6.07, 6.45) is 1.60. The van der Waals surface area contributed by atoms with Crippen molar-refractivity contribution in [2.45, 2.75) is 25.6 Å². The molecule has 2 aromatic rings. The Morgan fingerprint density at radius 3 is 2.85 bits per heavy atom. The van der Waals surface area contributed by atoms with E-state index < -0.39 is 6.10 Å². The average molecular weight is 271 g/mol. The van der Waals surface area contributed by atoms with E-state index in [-0.39, 0.29) is 6.10 Å². The van der Waals surface area contributed by atoms with Crippen molar-refractivity contribution >= 4 is 0 Å². The Morgan fingerprint density at radius 2 is 2.15 bits per heavy atom. The van der Waals surface area contributed by atoms with Crippen LogP contribution < -0.4 is 9.47 Å². The van der Waals surface area contributed by atoms with E-state index in [9.17, 15) is 5.11 Å². The number of hydrogen-bond donors (Lipinski definition) is 1. The molecule has 4 heteroatoms. The maximum Gasteiger partial charge on any atom is 0.128 e. The van der Waals surface area contributed by atoms with Crippen LogP contribution in [0.4, 0.5) is 0 Å². The summed E-state index contributed by atoms with van der Waals surface area (Å²) >= 11 is 0. The Labute approximate surface area is 118 Å². The molecule has 0 saturated heterocycles. The van der Waals surface area contributed by atoms with E-state index in [0.717, 1.165) is 22.6 Å². The molecule has 0 radical (unpaired) electrons. The third-order valence-electron chi connectivity index (χ3n) is 3.59. The van der Waals surface area contributed by atoms with Gasteiger partial charge in [-0.2, -0.15) is 0 Å². The largest absolute Gasteiger partial charge is 0.497 e. The number of ether oxygens (including phenoxy) is 2. The highest BCUT2D eigenvalue weighted by atomic mass is 16.5. The van der Waals surface area contributed by atoms with Crippen LogP contribution in [0.1, 0.15) is 35.4 Å². The fourth-order valence-electron chi connectivity index (χ4n) is 2.43. The quantitative estimate of drug-likeness (QED) is 0.912. The van der Waals surface area contributed by atoms with E-state index in [1.807, 2.05) is 37.3 Å². The first kappa shape index (κ1) is 12.9. The van der Waals surface area contributed by atoms with Gasteiger partial charge in [0.05, 0.1) is 13.2 Å². The van der Waals surface area contributed by atoms with Crippen LogP contribution in [0, 0.1) is 6.92 Å². The van der Waals surface area contributed by atoms with Crippen molar-refractivity contribution in [3.63, 3.8) is 0 Å². The summed E-state index contributed by atoms with van der Waals surface area (Å²) in [4.78, 5) is 4.28. The number of hydrogen-bond acceptors (Lipinski definition) is 4. The van der Waals surface area contributed by atoms with Crippen LogP contribution in [0.15, 0.2) is 36.5 Å². The van der Waals surface area contributed by atoms with E-state index in [1.165, 1.54) is 0 Å². The van der Waals surface area contributed by atoms with Crippen LogP contribution in [0.5, 0.6) is 11.5 Å². The minimum absolute atomic E-state index is 0.168. The predicted octanol–water partition coefficient (Wildman–Crippen LogP) is 2.96. The van der Waals surface area contributed by atoms with Crippen molar-refractivity contribution in [3.05, 3.63) is 53.3 Å². The molecule has 1 aliphatic heterocycles. The summed E-state index contributed by atoms with van der Waals surface area (Å²) in [5.74, 6) is 1.43. The highest BCUT2D eigenvalue weighted by Gasteiger charge is 2.28. The van der Waals surface area contributed by atoms with E-state index in [4.69, 9.17) is 9.47 Å². The number of aliphatic hydroxyl groups is 1. The van der Waals surface area contributed by atoms with E-state index >= 15 is 0 Å². The summed E-state index contributed by atoms with van der Waals surface area (Å²) in [5.41, 5.74) is 2.73. The standard InChI is InChI=1S/C16H17NO3/c1-10-3-4-11(9-17-10)16-8-14(18)13-7-12(19-2)5-6-15(13)20-16/h3-7,9,14,16,18H,8H2,1-2H3. The van der Waals surface area contributed by atoms with Gasteiger partial charge in [-0.15, -0.1) is 0 Å². The number of methoxy groups -OCH3 is 1. The molecule has 0 saturated carbocycles. The molecule has 1 aliphatic rings. The van der Waals surface area contributed by atoms with Gasteiger partial charge in [0, 0.05) is 29.4 Å². The summed E-state index contributed by atoms with van der Waals surface area (Å²) in [6, 6.07) is 9.44. The number of aryl methyl sites for hydroxylation is 1. The zero-order valence-electron chi connectivity index (χ0n) is 11.5. The first-order valence-electron chi connectivity index (χ1n) is 6.62. The van der Waals surface area contributed by atoms with E-state index in [0.29, 0.717) is 12.2 Å². The lowest BCUT2D eigenvalue weighted by molar-refractivity contribution is 0.0653. The molecule has 3 rings (SSSR count). The Kier molecular flexibility index (Phi) is 3.32. The molecule has 0 fully saturated rings. The Bertz CT molecular complexity index is 610. The molecule has 104 valence electrons. The third kappa shape index (κ3) is 2.34. The van der Waals surface area contributed by atoms with Crippen LogP contribution in [-0.4, -0.2) is 17.2 Å². The van der Waals surface area contributed by atoms with Crippen LogP contribution in [0.3, 0.4) is 0 Å². The molecule has 0 amide bonds. The number of aliphatic hydroxyl groups excluding tert-OH is 1. The maximum absolute atomic E-state index is 10.3. The molecule has 0 bridgehead atoms. The van der Waals surface area contributed by atoms with Gasteiger partial charge >= 0.3 is 0 Å². The molecule has 0 aliphatic carbocycles. The predicted molar refractivity (Wildman–Crippen MR) is 74.9 cm³/mol. The van der Waals surface area contributed by atoms with Crippen LogP contribution in [-0.2, 0) is 0 Å². The topological polar surface area (TPSA) is 51.6 Å². The van der Waals surface area contributed by atoms with Gasteiger partial charge in [0.25, 0.3) is 0 Å². The van der Waals surface area contributed by atoms with Gasteiger partial charge in [-0.05, 0) is 31.2 Å². The number of nitrogens with zero attached hydrogens (tertiary/aromatic N) is 1. The highest BCUT2D eigenvalue weighted by molar-refractivity contribution is 5.43. The SMILES string of the molecule is COc1ccc2c(c1)C(O)CC(c1ccc(C)nc1)O2. The lowest BCUT2D eigenvalue weighted by Crippen LogP contribution is -2.19. The summed E-state index contributed by atoms with van der Waals surface area (Å²) < 4.78 is 11.1. The lowest BCUT2D eigenvalue weighted by Gasteiger charge is -2.30. The second kappa shape index (κ2) is 5.13. The van der Waals surface area contributed by atoms with E-state index in [1.54, 1.807) is 13.3 Å². The van der Waals surface area contributed by atoms with Crippen molar-refractivity contribution in [2.75, 3.05) is 7.11 Å². The molecular formula is C16H17NO3. The molecule has 2 heterocycles. The van der Waals surface area contributed by atoms with Crippen molar-refractivity contribution in [3.8, 4) is 11.5 Å². The smallest absolute Gasteiger partial charge is 0.128 e. The number of benzene rings is 1. The second-order valence-corrected chi connectivity index (χ2v) is 4.99. The van der Waals surface area contributed by atoms with Gasteiger partial charge in [0.2, 0.25) is 0 Å². The zero-order valence-corrected chi connectivity index (χ0v) is 11.5. The molecular weight excluding hydrogens is 254 g/mol. The van der Waals surface area contributed by atoms with Crippen molar-refractivity contribution in [1.29, 1.82) is 0 Å². The van der Waals surface area contributed by atoms with Crippen LogP contribution in [0.2, 0.25) is 0 Å². The molecule has 4 nitrogen and oxygen atoms in total. The maximum atomic E-state index is 10.3. The van der Waals surface area contributed by atoms with Crippen molar-refractivity contribution < 1.29 is 14.6 Å². The van der Waals surface area contributed by atoms with Gasteiger partial charge < -0.3 is 14.6 Å². The molecule has 20 heavy (non-hydrogen) atoms. The number of fused-ring (bicyclic) bond motifs is 1. The second-order valence-electron chi connectivity index (χ2n) is 4.99. The van der Waals surface area contributed by atoms with Crippen LogP contribution >= 0.6 is 0 Å². The highest BCUT2D eigenvalue weighted by Crippen LogP contribution is 2.41. The Hall–Kier alpha value is -2.07. The number of rotatable bonds is 2. The number of pyridine rings is 1. The van der Waals surface area contributed by atoms with Gasteiger partial charge in [-0.25, -0.2) is 0 Å². The van der Waals surface area contributed by atoms with Gasteiger partial charge in [0.15, 0.2) is 0 Å². The minimum Gasteiger partial charge on any atom is -0.497 e. The molecule has 0 spiro atoms. The summed E-state index contributed by atoms with van der Waals surface area (Å²) in [5, 5.41) is 10.3.